The van der Waals surface area contributed by atoms with Crippen LogP contribution in [0.4, 0.5) is 17.3 Å². The molecule has 0 aliphatic carbocycles. The Hall–Kier alpha value is -2.71. The number of hydrogen-bond acceptors (Lipinski definition) is 7. The van der Waals surface area contributed by atoms with Crippen molar-refractivity contribution < 1.29 is 4.79 Å². The number of nitrogens with one attached hydrogen (secondary N) is 2. The van der Waals surface area contributed by atoms with Crippen molar-refractivity contribution in [3.8, 4) is 0 Å². The third kappa shape index (κ3) is 5.14. The van der Waals surface area contributed by atoms with E-state index in [9.17, 15) is 4.79 Å². The monoisotopic (exact) mass is 357 g/mol. The minimum absolute atomic E-state index is 0.123. The maximum absolute atomic E-state index is 11.9. The second kappa shape index (κ2) is 9.12. The van der Waals surface area contributed by atoms with Gasteiger partial charge < -0.3 is 27.0 Å². The molecular formula is C18H27N7O. The number of nitrogens with zero attached hydrogens (tertiary/aromatic N) is 3. The number of hydrogen-bond donors (Lipinski definition) is 4. The molecule has 1 aromatic heterocycles. The average molecular weight is 357 g/mol. The number of anilines is 3. The fourth-order valence-electron chi connectivity index (χ4n) is 2.43. The van der Waals surface area contributed by atoms with E-state index in [1.165, 1.54) is 0 Å². The maximum Gasteiger partial charge on any atom is 0.271 e. The molecule has 0 aliphatic rings. The van der Waals surface area contributed by atoms with Gasteiger partial charge >= 0.3 is 0 Å². The Morgan fingerprint density at radius 2 is 2.00 bits per heavy atom. The summed E-state index contributed by atoms with van der Waals surface area (Å²) in [4.78, 5) is 22.9. The molecule has 0 fully saturated rings. The summed E-state index contributed by atoms with van der Waals surface area (Å²) in [5.74, 6) is 0.359. The van der Waals surface area contributed by atoms with Crippen LogP contribution < -0.4 is 22.1 Å². The van der Waals surface area contributed by atoms with Gasteiger partial charge in [0.15, 0.2) is 11.5 Å². The van der Waals surface area contributed by atoms with Gasteiger partial charge in [-0.05, 0) is 38.2 Å². The van der Waals surface area contributed by atoms with Gasteiger partial charge in [0, 0.05) is 25.3 Å². The number of amides is 1. The Morgan fingerprint density at radius 3 is 2.62 bits per heavy atom. The van der Waals surface area contributed by atoms with Crippen LogP contribution in [0.3, 0.4) is 0 Å². The second-order valence-corrected chi connectivity index (χ2v) is 6.19. The predicted octanol–water partition coefficient (Wildman–Crippen LogP) is 1.31. The summed E-state index contributed by atoms with van der Waals surface area (Å²) in [7, 11) is 4.00. The van der Waals surface area contributed by atoms with Crippen LogP contribution in [0.5, 0.6) is 0 Å². The topological polar surface area (TPSA) is 122 Å². The zero-order valence-electron chi connectivity index (χ0n) is 15.5. The second-order valence-electron chi connectivity index (χ2n) is 6.19. The molecule has 0 radical (unpaired) electrons. The first-order valence-corrected chi connectivity index (χ1v) is 8.60. The first-order chi connectivity index (χ1) is 12.4. The van der Waals surface area contributed by atoms with Gasteiger partial charge in [0.25, 0.3) is 5.91 Å². The SMILES string of the molecule is CCc1nc(C(N)=O)c(Nc2cccc(CN)c2)nc1NCCN(C)C. The molecule has 8 heteroatoms. The van der Waals surface area contributed by atoms with Gasteiger partial charge in [-0.15, -0.1) is 0 Å². The van der Waals surface area contributed by atoms with E-state index in [0.717, 1.165) is 17.8 Å². The van der Waals surface area contributed by atoms with Crippen LogP contribution in [0.15, 0.2) is 24.3 Å². The molecule has 0 saturated carbocycles. The number of aryl methyl sites for hydroxylation is 1. The normalized spacial score (nSPS) is 10.8. The maximum atomic E-state index is 11.9. The molecule has 140 valence electrons. The number of benzene rings is 1. The van der Waals surface area contributed by atoms with E-state index in [1.54, 1.807) is 0 Å². The number of primary amides is 1. The molecule has 1 heterocycles. The summed E-state index contributed by atoms with van der Waals surface area (Å²) in [6.45, 7) is 3.95. The van der Waals surface area contributed by atoms with Crippen LogP contribution in [0, 0.1) is 0 Å². The Labute approximate surface area is 154 Å². The van der Waals surface area contributed by atoms with Crippen molar-refractivity contribution in [3.05, 3.63) is 41.2 Å². The van der Waals surface area contributed by atoms with E-state index in [4.69, 9.17) is 11.5 Å². The van der Waals surface area contributed by atoms with E-state index < -0.39 is 5.91 Å². The van der Waals surface area contributed by atoms with E-state index >= 15 is 0 Å². The summed E-state index contributed by atoms with van der Waals surface area (Å²) in [5.41, 5.74) is 13.8. The Morgan fingerprint density at radius 1 is 1.23 bits per heavy atom. The third-order valence-corrected chi connectivity index (χ3v) is 3.81. The smallest absolute Gasteiger partial charge is 0.271 e. The van der Waals surface area contributed by atoms with Crippen molar-refractivity contribution in [2.24, 2.45) is 11.5 Å². The molecule has 0 bridgehead atoms. The van der Waals surface area contributed by atoms with Crippen LogP contribution in [0.1, 0.15) is 28.7 Å². The zero-order valence-corrected chi connectivity index (χ0v) is 15.5. The Bertz CT molecular complexity index is 761. The number of carbonyl (C=O) groups is 1. The van der Waals surface area contributed by atoms with Crippen molar-refractivity contribution >= 4 is 23.2 Å². The van der Waals surface area contributed by atoms with Crippen molar-refractivity contribution in [1.29, 1.82) is 0 Å². The molecule has 0 aliphatic heterocycles. The summed E-state index contributed by atoms with van der Waals surface area (Å²) in [5, 5.41) is 6.42. The quantitative estimate of drug-likeness (QED) is 0.534. The lowest BCUT2D eigenvalue weighted by Gasteiger charge is -2.16. The molecule has 0 saturated heterocycles. The number of aromatic nitrogens is 2. The highest BCUT2D eigenvalue weighted by atomic mass is 16.1. The molecule has 0 spiro atoms. The number of nitrogens with two attached hydrogens (primary N) is 2. The third-order valence-electron chi connectivity index (χ3n) is 3.81. The molecule has 2 rings (SSSR count). The minimum atomic E-state index is -0.621. The minimum Gasteiger partial charge on any atom is -0.367 e. The Kier molecular flexibility index (Phi) is 6.88. The van der Waals surface area contributed by atoms with Crippen LogP contribution in [-0.2, 0) is 13.0 Å². The molecule has 0 atom stereocenters. The number of carbonyl (C=O) groups excluding carboxylic acids is 1. The average Bonchev–Trinajstić information content (AvgIpc) is 2.61. The van der Waals surface area contributed by atoms with Gasteiger partial charge in [0.05, 0.1) is 5.69 Å². The molecule has 26 heavy (non-hydrogen) atoms. The first kappa shape index (κ1) is 19.6. The fraction of sp³-hybridized carbons (Fsp3) is 0.389. The summed E-state index contributed by atoms with van der Waals surface area (Å²) in [6, 6.07) is 7.59. The molecule has 0 unspecified atom stereocenters. The van der Waals surface area contributed by atoms with Gasteiger partial charge in [-0.1, -0.05) is 19.1 Å². The van der Waals surface area contributed by atoms with Crippen LogP contribution in [-0.4, -0.2) is 48.0 Å². The highest BCUT2D eigenvalue weighted by molar-refractivity contribution is 5.96. The molecule has 8 nitrogen and oxygen atoms in total. The first-order valence-electron chi connectivity index (χ1n) is 8.60. The predicted molar refractivity (Wildman–Crippen MR) is 105 cm³/mol. The van der Waals surface area contributed by atoms with E-state index in [1.807, 2.05) is 45.3 Å². The van der Waals surface area contributed by atoms with Crippen molar-refractivity contribution in [2.45, 2.75) is 19.9 Å². The highest BCUT2D eigenvalue weighted by Crippen LogP contribution is 2.23. The van der Waals surface area contributed by atoms with Gasteiger partial charge in [-0.3, -0.25) is 4.79 Å². The van der Waals surface area contributed by atoms with E-state index in [-0.39, 0.29) is 5.69 Å². The fourth-order valence-corrected chi connectivity index (χ4v) is 2.43. The van der Waals surface area contributed by atoms with Crippen LogP contribution in [0.2, 0.25) is 0 Å². The highest BCUT2D eigenvalue weighted by Gasteiger charge is 2.17. The van der Waals surface area contributed by atoms with Gasteiger partial charge in [-0.25, -0.2) is 9.97 Å². The van der Waals surface area contributed by atoms with Gasteiger partial charge in [0.2, 0.25) is 0 Å². The molecule has 2 aromatic rings. The molecule has 1 amide bonds. The van der Waals surface area contributed by atoms with Gasteiger partial charge in [0.1, 0.15) is 5.82 Å². The lowest BCUT2D eigenvalue weighted by Crippen LogP contribution is -2.23. The molecular weight excluding hydrogens is 330 g/mol. The van der Waals surface area contributed by atoms with E-state index in [2.05, 4.69) is 25.5 Å². The zero-order chi connectivity index (χ0) is 19.1. The van der Waals surface area contributed by atoms with Crippen LogP contribution in [0.25, 0.3) is 0 Å². The molecule has 6 N–H and O–H groups in total. The van der Waals surface area contributed by atoms with Gasteiger partial charge in [-0.2, -0.15) is 0 Å². The molecule has 1 aromatic carbocycles. The number of rotatable bonds is 9. The van der Waals surface area contributed by atoms with Crippen molar-refractivity contribution in [2.75, 3.05) is 37.8 Å². The van der Waals surface area contributed by atoms with Crippen molar-refractivity contribution in [1.82, 2.24) is 14.9 Å². The Balaban J connectivity index is 2.36. The lowest BCUT2D eigenvalue weighted by atomic mass is 10.2. The standard InChI is InChI=1S/C18H27N7O/c1-4-14-17(21-8-9-25(2)3)24-18(15(23-14)16(20)26)22-13-7-5-6-12(10-13)11-19/h5-7,10H,4,8-9,11,19H2,1-3H3,(H2,20,26)(H2,21,22,24). The summed E-state index contributed by atoms with van der Waals surface area (Å²) in [6.07, 6.45) is 0.639. The number of likely N-dealkylation sites (N-methyl/N-ethyl adjacent to an activating group) is 1. The van der Waals surface area contributed by atoms with Crippen molar-refractivity contribution in [3.63, 3.8) is 0 Å². The largest absolute Gasteiger partial charge is 0.367 e. The summed E-state index contributed by atoms with van der Waals surface area (Å²) < 4.78 is 0. The van der Waals surface area contributed by atoms with E-state index in [0.29, 0.717) is 36.8 Å². The summed E-state index contributed by atoms with van der Waals surface area (Å²) >= 11 is 0. The lowest BCUT2D eigenvalue weighted by molar-refractivity contribution is 0.0996. The van der Waals surface area contributed by atoms with Crippen LogP contribution >= 0.6 is 0 Å².